The minimum atomic E-state index is -0.370. The lowest BCUT2D eigenvalue weighted by Gasteiger charge is -2.18. The van der Waals surface area contributed by atoms with E-state index in [9.17, 15) is 4.79 Å². The molecule has 0 saturated heterocycles. The molecule has 1 aromatic heterocycles. The molecule has 3 N–H and O–H groups in total. The highest BCUT2D eigenvalue weighted by Gasteiger charge is 2.19. The molecule has 1 heterocycles. The van der Waals surface area contributed by atoms with Gasteiger partial charge in [0.05, 0.1) is 24.2 Å². The second-order valence-electron chi connectivity index (χ2n) is 7.31. The highest BCUT2D eigenvalue weighted by Crippen LogP contribution is 2.22. The Hall–Kier alpha value is -3.22. The van der Waals surface area contributed by atoms with E-state index in [1.165, 1.54) is 0 Å². The molecule has 3 aromatic carbocycles. The Balaban J connectivity index is 1.52. The summed E-state index contributed by atoms with van der Waals surface area (Å²) < 4.78 is 5.24. The number of hydrogen-bond donors (Lipinski definition) is 3. The molecule has 0 aliphatic rings. The molecule has 4 rings (SSSR count). The molecule has 32 heavy (non-hydrogen) atoms. The summed E-state index contributed by atoms with van der Waals surface area (Å²) in [6.45, 7) is 0.251. The number of halogens is 2. The number of carbonyl (C=O) groups is 1. The van der Waals surface area contributed by atoms with Gasteiger partial charge < -0.3 is 20.4 Å². The average Bonchev–Trinajstić information content (AvgIpc) is 3.24. The van der Waals surface area contributed by atoms with Crippen LogP contribution in [0.3, 0.4) is 0 Å². The van der Waals surface area contributed by atoms with E-state index in [1.807, 2.05) is 48.5 Å². The number of para-hydroxylation sites is 2. The number of nitrogens with one attached hydrogen (secondary N) is 3. The number of ether oxygens (including phenoxy) is 1. The van der Waals surface area contributed by atoms with Crippen LogP contribution in [-0.4, -0.2) is 23.1 Å². The van der Waals surface area contributed by atoms with Gasteiger partial charge in [-0.25, -0.2) is 9.78 Å². The number of imidazole rings is 1. The number of hydrogen-bond acceptors (Lipinski definition) is 3. The van der Waals surface area contributed by atoms with Crippen molar-refractivity contribution in [1.82, 2.24) is 20.6 Å². The monoisotopic (exact) mass is 468 g/mol. The molecule has 6 nitrogen and oxygen atoms in total. The Morgan fingerprint density at radius 1 is 1.09 bits per heavy atom. The van der Waals surface area contributed by atoms with E-state index < -0.39 is 0 Å². The van der Waals surface area contributed by atoms with Crippen molar-refractivity contribution >= 4 is 40.3 Å². The zero-order chi connectivity index (χ0) is 22.5. The number of aromatic nitrogens is 2. The van der Waals surface area contributed by atoms with E-state index in [2.05, 4.69) is 20.6 Å². The third kappa shape index (κ3) is 5.33. The Morgan fingerprint density at radius 2 is 1.88 bits per heavy atom. The summed E-state index contributed by atoms with van der Waals surface area (Å²) in [6, 6.07) is 19.9. The van der Waals surface area contributed by atoms with Gasteiger partial charge in [0, 0.05) is 16.6 Å². The molecular formula is C24H22Cl2N4O2. The van der Waals surface area contributed by atoms with Gasteiger partial charge in [0.15, 0.2) is 0 Å². The Kier molecular flexibility index (Phi) is 6.83. The summed E-state index contributed by atoms with van der Waals surface area (Å²) in [5.41, 5.74) is 3.53. The van der Waals surface area contributed by atoms with Crippen molar-refractivity contribution in [2.45, 2.75) is 19.0 Å². The smallest absolute Gasteiger partial charge is 0.315 e. The van der Waals surface area contributed by atoms with Crippen LogP contribution in [-0.2, 0) is 13.0 Å². The summed E-state index contributed by atoms with van der Waals surface area (Å²) in [7, 11) is 1.63. The predicted octanol–water partition coefficient (Wildman–Crippen LogP) is 5.66. The van der Waals surface area contributed by atoms with Crippen molar-refractivity contribution in [1.29, 1.82) is 0 Å². The largest absolute Gasteiger partial charge is 0.497 e. The summed E-state index contributed by atoms with van der Waals surface area (Å²) >= 11 is 12.2. The summed E-state index contributed by atoms with van der Waals surface area (Å²) in [4.78, 5) is 20.7. The molecular weight excluding hydrogens is 447 g/mol. The van der Waals surface area contributed by atoms with E-state index in [1.54, 1.807) is 25.3 Å². The quantitative estimate of drug-likeness (QED) is 0.327. The van der Waals surface area contributed by atoms with Crippen LogP contribution < -0.4 is 15.4 Å². The standard InChI is InChI=1S/C24H22Cl2N4O2/c1-32-18-9-6-15(7-10-18)12-22(23-28-20-4-2-3-5-21(20)29-23)30-24(31)27-14-16-13-17(25)8-11-19(16)26/h2-11,13,22H,12,14H2,1H3,(H,28,29)(H2,27,30,31). The molecule has 0 radical (unpaired) electrons. The number of benzene rings is 3. The molecule has 0 aliphatic carbocycles. The molecule has 2 amide bonds. The van der Waals surface area contributed by atoms with Gasteiger partial charge in [0.25, 0.3) is 0 Å². The van der Waals surface area contributed by atoms with Crippen molar-refractivity contribution < 1.29 is 9.53 Å². The maximum Gasteiger partial charge on any atom is 0.315 e. The fourth-order valence-corrected chi connectivity index (χ4v) is 3.79. The fraction of sp³-hybridized carbons (Fsp3) is 0.167. The first-order chi connectivity index (χ1) is 15.5. The topological polar surface area (TPSA) is 79.0 Å². The molecule has 0 saturated carbocycles. The van der Waals surface area contributed by atoms with Crippen LogP contribution >= 0.6 is 23.2 Å². The predicted molar refractivity (Wildman–Crippen MR) is 127 cm³/mol. The number of amides is 2. The normalized spacial score (nSPS) is 11.8. The van der Waals surface area contributed by atoms with Crippen LogP contribution in [0, 0.1) is 0 Å². The number of nitrogens with zero attached hydrogens (tertiary/aromatic N) is 1. The van der Waals surface area contributed by atoms with Crippen LogP contribution in [0.5, 0.6) is 5.75 Å². The van der Waals surface area contributed by atoms with E-state index in [-0.39, 0.29) is 18.6 Å². The molecule has 164 valence electrons. The minimum Gasteiger partial charge on any atom is -0.497 e. The molecule has 1 unspecified atom stereocenters. The number of rotatable bonds is 7. The molecule has 0 aliphatic heterocycles. The minimum absolute atomic E-state index is 0.251. The van der Waals surface area contributed by atoms with E-state index in [0.29, 0.717) is 22.3 Å². The van der Waals surface area contributed by atoms with Gasteiger partial charge >= 0.3 is 6.03 Å². The third-order valence-electron chi connectivity index (χ3n) is 5.09. The number of aromatic amines is 1. The molecule has 1 atom stereocenters. The summed E-state index contributed by atoms with van der Waals surface area (Å²) in [6.07, 6.45) is 0.551. The molecule has 8 heteroatoms. The number of urea groups is 1. The van der Waals surface area contributed by atoms with Gasteiger partial charge in [-0.1, -0.05) is 47.5 Å². The van der Waals surface area contributed by atoms with Crippen LogP contribution in [0.25, 0.3) is 11.0 Å². The third-order valence-corrected chi connectivity index (χ3v) is 5.69. The Labute approximate surface area is 195 Å². The lowest BCUT2D eigenvalue weighted by atomic mass is 10.1. The van der Waals surface area contributed by atoms with Crippen molar-refractivity contribution in [3.05, 3.63) is 93.7 Å². The second kappa shape index (κ2) is 9.94. The SMILES string of the molecule is COc1ccc(CC(NC(=O)NCc2cc(Cl)ccc2Cl)c2nc3ccccc3[nH]2)cc1. The zero-order valence-corrected chi connectivity index (χ0v) is 18.9. The maximum absolute atomic E-state index is 12.7. The van der Waals surface area contributed by atoms with Crippen molar-refractivity contribution in [3.63, 3.8) is 0 Å². The van der Waals surface area contributed by atoms with Gasteiger partial charge in [-0.05, 0) is 60.0 Å². The van der Waals surface area contributed by atoms with Gasteiger partial charge in [-0.2, -0.15) is 0 Å². The van der Waals surface area contributed by atoms with Crippen molar-refractivity contribution in [3.8, 4) is 5.75 Å². The van der Waals surface area contributed by atoms with Crippen molar-refractivity contribution in [2.75, 3.05) is 7.11 Å². The first-order valence-corrected chi connectivity index (χ1v) is 10.8. The summed E-state index contributed by atoms with van der Waals surface area (Å²) in [5.74, 6) is 1.45. The lowest BCUT2D eigenvalue weighted by molar-refractivity contribution is 0.236. The lowest BCUT2D eigenvalue weighted by Crippen LogP contribution is -2.38. The highest BCUT2D eigenvalue weighted by molar-refractivity contribution is 6.33. The molecule has 0 bridgehead atoms. The number of methoxy groups -OCH3 is 1. The summed E-state index contributed by atoms with van der Waals surface area (Å²) in [5, 5.41) is 6.98. The van der Waals surface area contributed by atoms with Crippen LogP contribution in [0.2, 0.25) is 10.0 Å². The van der Waals surface area contributed by atoms with E-state index >= 15 is 0 Å². The van der Waals surface area contributed by atoms with Gasteiger partial charge in [0.1, 0.15) is 11.6 Å². The van der Waals surface area contributed by atoms with Crippen LogP contribution in [0.1, 0.15) is 23.0 Å². The van der Waals surface area contributed by atoms with Gasteiger partial charge in [-0.3, -0.25) is 0 Å². The van der Waals surface area contributed by atoms with E-state index in [0.717, 1.165) is 27.9 Å². The van der Waals surface area contributed by atoms with Gasteiger partial charge in [0.2, 0.25) is 0 Å². The van der Waals surface area contributed by atoms with Crippen molar-refractivity contribution in [2.24, 2.45) is 0 Å². The van der Waals surface area contributed by atoms with Crippen LogP contribution in [0.4, 0.5) is 4.79 Å². The number of carbonyl (C=O) groups excluding carboxylic acids is 1. The highest BCUT2D eigenvalue weighted by atomic mass is 35.5. The Morgan fingerprint density at radius 3 is 2.62 bits per heavy atom. The maximum atomic E-state index is 12.7. The molecule has 4 aromatic rings. The molecule has 0 spiro atoms. The number of fused-ring (bicyclic) bond motifs is 1. The number of H-pyrrole nitrogens is 1. The Bertz CT molecular complexity index is 1190. The van der Waals surface area contributed by atoms with Gasteiger partial charge in [-0.15, -0.1) is 0 Å². The average molecular weight is 469 g/mol. The first kappa shape index (κ1) is 22.0. The second-order valence-corrected chi connectivity index (χ2v) is 8.15. The molecule has 0 fully saturated rings. The van der Waals surface area contributed by atoms with E-state index in [4.69, 9.17) is 27.9 Å². The zero-order valence-electron chi connectivity index (χ0n) is 17.4. The first-order valence-electron chi connectivity index (χ1n) is 10.1. The van der Waals surface area contributed by atoms with Crippen LogP contribution in [0.15, 0.2) is 66.7 Å². The fourth-order valence-electron chi connectivity index (χ4n) is 3.41.